The van der Waals surface area contributed by atoms with E-state index >= 15 is 0 Å². The highest BCUT2D eigenvalue weighted by molar-refractivity contribution is 7.14. The zero-order valence-electron chi connectivity index (χ0n) is 41.3. The van der Waals surface area contributed by atoms with Gasteiger partial charge in [0.05, 0.1) is 39.0 Å². The lowest BCUT2D eigenvalue weighted by Gasteiger charge is -2.38. The Morgan fingerprint density at radius 1 is 0.500 bits per heavy atom. The molecule has 66 heavy (non-hydrogen) atoms. The molecule has 0 spiro atoms. The van der Waals surface area contributed by atoms with Crippen LogP contribution >= 0.6 is 45.3 Å². The van der Waals surface area contributed by atoms with Gasteiger partial charge in [-0.2, -0.15) is 0 Å². The molecule has 0 atom stereocenters. The summed E-state index contributed by atoms with van der Waals surface area (Å²) in [4.78, 5) is 7.70. The second kappa shape index (κ2) is 26.3. The van der Waals surface area contributed by atoms with Crippen molar-refractivity contribution in [1.82, 2.24) is 0 Å². The van der Waals surface area contributed by atoms with E-state index in [4.69, 9.17) is 6.42 Å². The summed E-state index contributed by atoms with van der Waals surface area (Å²) >= 11 is 6.28. The molecule has 4 aromatic heterocycles. The number of terminal acetylenes is 1. The van der Waals surface area contributed by atoms with Crippen molar-refractivity contribution in [3.05, 3.63) is 110 Å². The molecule has 0 aliphatic carbocycles. The molecule has 0 bridgehead atoms. The van der Waals surface area contributed by atoms with Crippen molar-refractivity contribution in [2.75, 3.05) is 0 Å². The van der Waals surface area contributed by atoms with Gasteiger partial charge in [0.15, 0.2) is 0 Å². The molecule has 0 amide bonds. The Morgan fingerprint density at radius 3 is 1.08 bits per heavy atom. The Kier molecular flexibility index (Phi) is 22.0. The largest absolute Gasteiger partial charge is 0.378 e. The molecule has 0 radical (unpaired) electrons. The average Bonchev–Trinajstić information content (AvgIpc) is 4.09. The summed E-state index contributed by atoms with van der Waals surface area (Å²) in [6.07, 6.45) is 9.23. The lowest BCUT2D eigenvalue weighted by atomic mass is 10.1. The van der Waals surface area contributed by atoms with Crippen molar-refractivity contribution in [2.45, 2.75) is 150 Å². The van der Waals surface area contributed by atoms with Crippen LogP contribution in [-0.2, 0) is 0 Å². The summed E-state index contributed by atoms with van der Waals surface area (Å²) in [6, 6.07) is 15.9. The first kappa shape index (κ1) is 55.2. The van der Waals surface area contributed by atoms with Crippen LogP contribution < -0.4 is 0 Å². The highest BCUT2D eigenvalue weighted by atomic mass is 32.1. The highest BCUT2D eigenvalue weighted by Crippen LogP contribution is 2.41. The predicted molar refractivity (Wildman–Crippen MR) is 292 cm³/mol. The molecule has 7 heteroatoms. The fourth-order valence-electron chi connectivity index (χ4n) is 6.85. The van der Waals surface area contributed by atoms with Crippen molar-refractivity contribution in [3.8, 4) is 94.9 Å². The third-order valence-electron chi connectivity index (χ3n) is 10.1. The molecule has 4 rings (SSSR count). The molecular formula is C59H64O2S4Si. The molecule has 2 nitrogen and oxygen atoms in total. The van der Waals surface area contributed by atoms with Crippen molar-refractivity contribution in [1.29, 1.82) is 0 Å². The van der Waals surface area contributed by atoms with Crippen LogP contribution in [0.25, 0.3) is 0 Å². The molecule has 0 saturated carbocycles. The fourth-order valence-corrected chi connectivity index (χ4v) is 15.0. The van der Waals surface area contributed by atoms with Gasteiger partial charge < -0.3 is 10.2 Å². The predicted octanol–water partition coefficient (Wildman–Crippen LogP) is 14.5. The van der Waals surface area contributed by atoms with Crippen LogP contribution in [0.4, 0.5) is 0 Å². The van der Waals surface area contributed by atoms with Crippen molar-refractivity contribution in [2.24, 2.45) is 0 Å². The molecule has 0 aliphatic heterocycles. The van der Waals surface area contributed by atoms with Gasteiger partial charge in [0.25, 0.3) is 0 Å². The third-order valence-corrected chi connectivity index (χ3v) is 20.1. The first-order valence-corrected chi connectivity index (χ1v) is 28.0. The van der Waals surface area contributed by atoms with E-state index in [1.54, 1.807) is 50.4 Å². The van der Waals surface area contributed by atoms with E-state index < -0.39 is 19.3 Å². The second-order valence-electron chi connectivity index (χ2n) is 17.8. The lowest BCUT2D eigenvalue weighted by Crippen LogP contribution is -2.43. The maximum absolute atomic E-state index is 9.81. The highest BCUT2D eigenvalue weighted by Gasteiger charge is 2.41. The van der Waals surface area contributed by atoms with Crippen LogP contribution in [0.5, 0.6) is 0 Å². The Morgan fingerprint density at radius 2 is 0.788 bits per heavy atom. The fraction of sp³-hybridized carbons (Fsp3) is 0.390. The van der Waals surface area contributed by atoms with Crippen LogP contribution in [0.1, 0.15) is 162 Å². The van der Waals surface area contributed by atoms with E-state index in [-0.39, 0.29) is 0 Å². The first-order valence-electron chi connectivity index (χ1n) is 22.5. The van der Waals surface area contributed by atoms with Gasteiger partial charge in [0.1, 0.15) is 19.3 Å². The van der Waals surface area contributed by atoms with Gasteiger partial charge >= 0.3 is 0 Å². The minimum Gasteiger partial charge on any atom is -0.378 e. The minimum absolute atomic E-state index is 0.626. The summed E-state index contributed by atoms with van der Waals surface area (Å²) in [5, 5.41) is 19.5. The summed E-state index contributed by atoms with van der Waals surface area (Å²) in [5.41, 5.74) is 7.84. The van der Waals surface area contributed by atoms with Crippen LogP contribution in [0.15, 0.2) is 70.8 Å². The van der Waals surface area contributed by atoms with E-state index in [1.165, 1.54) is 22.7 Å². The van der Waals surface area contributed by atoms with Crippen LogP contribution in [0.2, 0.25) is 16.6 Å². The smallest absolute Gasteiger partial charge is 0.146 e. The molecule has 0 aromatic carbocycles. The number of rotatable bonds is 7. The molecule has 0 fully saturated rings. The molecule has 0 unspecified atom stereocenters. The maximum Gasteiger partial charge on any atom is 0.146 e. The van der Waals surface area contributed by atoms with Gasteiger partial charge in [-0.1, -0.05) is 151 Å². The third kappa shape index (κ3) is 18.6. The molecule has 4 aromatic rings. The topological polar surface area (TPSA) is 40.5 Å². The van der Waals surface area contributed by atoms with Gasteiger partial charge in [-0.15, -0.1) is 57.3 Å². The first-order chi connectivity index (χ1) is 31.1. The lowest BCUT2D eigenvalue weighted by molar-refractivity contribution is 0.143. The number of aliphatic hydroxyl groups is 2. The number of thiophene rings is 4. The number of hydrogen-bond acceptors (Lipinski definition) is 6. The van der Waals surface area contributed by atoms with E-state index in [0.29, 0.717) is 16.6 Å². The van der Waals surface area contributed by atoms with Gasteiger partial charge in [0.2, 0.25) is 0 Å². The number of hydrogen-bond donors (Lipinski definition) is 2. The molecule has 0 saturated heterocycles. The monoisotopic (exact) mass is 960 g/mol. The van der Waals surface area contributed by atoms with Crippen molar-refractivity contribution < 1.29 is 10.2 Å². The van der Waals surface area contributed by atoms with Crippen LogP contribution in [-0.4, -0.2) is 29.5 Å². The molecule has 4 heterocycles. The summed E-state index contributed by atoms with van der Waals surface area (Å²) in [7, 11) is -1.74. The summed E-state index contributed by atoms with van der Waals surface area (Å²) < 4.78 is 0. The Balaban J connectivity index is 0.000000367. The van der Waals surface area contributed by atoms with Crippen LogP contribution in [0.3, 0.4) is 0 Å². The van der Waals surface area contributed by atoms with E-state index in [2.05, 4.69) is 163 Å². The second-order valence-corrected chi connectivity index (χ2v) is 27.7. The summed E-state index contributed by atoms with van der Waals surface area (Å²) in [6.45, 7) is 29.2. The Hall–Kier alpha value is -5.10. The van der Waals surface area contributed by atoms with E-state index in [1.807, 2.05) is 43.3 Å². The van der Waals surface area contributed by atoms with Crippen LogP contribution in [0, 0.1) is 94.9 Å². The Labute approximate surface area is 415 Å². The molecular weight excluding hydrogens is 897 g/mol. The molecule has 0 aliphatic rings. The summed E-state index contributed by atoms with van der Waals surface area (Å²) in [5.74, 6) is 44.1. The molecule has 340 valence electrons. The van der Waals surface area contributed by atoms with Gasteiger partial charge in [0, 0.05) is 22.3 Å². The Bertz CT molecular complexity index is 2840. The zero-order valence-corrected chi connectivity index (χ0v) is 45.6. The number of allylic oxidation sites excluding steroid dienone is 4. The quantitative estimate of drug-likeness (QED) is 0.143. The normalized spacial score (nSPS) is 11.6. The van der Waals surface area contributed by atoms with E-state index in [9.17, 15) is 10.2 Å². The maximum atomic E-state index is 9.81. The van der Waals surface area contributed by atoms with Gasteiger partial charge in [-0.05, 0) is 120 Å². The van der Waals surface area contributed by atoms with Gasteiger partial charge in [-0.25, -0.2) is 0 Å². The van der Waals surface area contributed by atoms with Gasteiger partial charge in [-0.3, -0.25) is 0 Å². The SMILES string of the molecule is C#Cc1ccc(C#C/C(C)=C(/C#Cc2ccc(C#CC(C)(C)O)s2)CCC)s1.CCC/C(C#Cc1ccc(C#CC(C)(C)O)s1)=C(/C)C#Cc1ccc(C#C[Si](C(C)C)(C(C)C)C(C)C)s1. The van der Waals surface area contributed by atoms with E-state index in [0.717, 1.165) is 87.0 Å². The zero-order chi connectivity index (χ0) is 49.1. The standard InChI is InChI=1S/C34H42OS2Si.C25H22OS2/c1-11-12-29(14-16-31-17-19-32(36-31)21-23-34(9,10)35)28(8)13-15-30-18-20-33(37-30)22-24-38(25(2)3,26(4)5)27(6)7;1-6-8-20(19(3)9-11-22-14-13-21(7-2)27-22)10-12-23-15-16-24(28-23)17-18-25(4,5)26/h17-20,25-27,35H,11-12H2,1-10H3;2,13-16,26H,6,8H2,1,3-5H3/b29-28+;20-19+. The minimum atomic E-state index is -1.74. The average molecular weight is 962 g/mol. The van der Waals surface area contributed by atoms with Crippen molar-refractivity contribution in [3.63, 3.8) is 0 Å². The molecule has 2 N–H and O–H groups in total. The van der Waals surface area contributed by atoms with Crippen molar-refractivity contribution >= 4 is 53.4 Å².